The Hall–Kier alpha value is -0.900. The fourth-order valence-electron chi connectivity index (χ4n) is 2.50. The summed E-state index contributed by atoms with van der Waals surface area (Å²) >= 11 is 0. The smallest absolute Gasteiger partial charge is 0.405 e. The van der Waals surface area contributed by atoms with Crippen molar-refractivity contribution in [3.63, 3.8) is 0 Å². The second kappa shape index (κ2) is 6.70. The molecule has 1 amide bonds. The van der Waals surface area contributed by atoms with Crippen molar-refractivity contribution in [2.45, 2.75) is 44.8 Å². The van der Waals surface area contributed by atoms with Gasteiger partial charge in [-0.3, -0.25) is 0 Å². The maximum atomic E-state index is 10.9. The third-order valence-corrected chi connectivity index (χ3v) is 3.76. The van der Waals surface area contributed by atoms with Crippen LogP contribution in [0.1, 0.15) is 33.1 Å². The lowest BCUT2D eigenvalue weighted by Gasteiger charge is -2.36. The number of carbonyl (C=O) groups excluding carboxylic acids is 1. The molecule has 20 heavy (non-hydrogen) atoms. The topological polar surface area (TPSA) is 134 Å². The molecule has 9 heteroatoms. The Morgan fingerprint density at radius 3 is 2.70 bits per heavy atom. The van der Waals surface area contributed by atoms with Gasteiger partial charge in [0.05, 0.1) is 6.10 Å². The van der Waals surface area contributed by atoms with Gasteiger partial charge >= 0.3 is 6.09 Å². The van der Waals surface area contributed by atoms with Crippen LogP contribution in [-0.2, 0) is 19.7 Å². The summed E-state index contributed by atoms with van der Waals surface area (Å²) in [5.41, 5.74) is 4.31. The molecule has 8 nitrogen and oxygen atoms in total. The predicted molar refractivity (Wildman–Crippen MR) is 72.9 cm³/mol. The van der Waals surface area contributed by atoms with Crippen LogP contribution < -0.4 is 15.6 Å². The fraction of sp³-hybridized carbons (Fsp3) is 0.909. The molecule has 0 aromatic rings. The molecule has 2 atom stereocenters. The number of hydrogen-bond acceptors (Lipinski definition) is 5. The Morgan fingerprint density at radius 2 is 2.15 bits per heavy atom. The van der Waals surface area contributed by atoms with Crippen LogP contribution in [0.25, 0.3) is 0 Å². The average molecular weight is 309 g/mol. The highest BCUT2D eigenvalue weighted by atomic mass is 32.2. The van der Waals surface area contributed by atoms with Gasteiger partial charge in [-0.25, -0.2) is 9.93 Å². The summed E-state index contributed by atoms with van der Waals surface area (Å²) in [6, 6.07) is 0. The van der Waals surface area contributed by atoms with Crippen LogP contribution in [0, 0.1) is 5.92 Å². The Morgan fingerprint density at radius 1 is 1.50 bits per heavy atom. The lowest BCUT2D eigenvalue weighted by Crippen LogP contribution is -2.45. The molecule has 1 fully saturated rings. The summed E-state index contributed by atoms with van der Waals surface area (Å²) in [7, 11) is -3.74. The number of carbonyl (C=O) groups is 1. The third kappa shape index (κ3) is 6.51. The molecule has 118 valence electrons. The molecule has 0 bridgehead atoms. The van der Waals surface area contributed by atoms with E-state index in [1.807, 2.05) is 0 Å². The lowest BCUT2D eigenvalue weighted by atomic mass is 9.84. The van der Waals surface area contributed by atoms with Gasteiger partial charge in [-0.2, -0.15) is 13.1 Å². The molecular weight excluding hydrogens is 286 g/mol. The second-order valence-corrected chi connectivity index (χ2v) is 6.97. The zero-order chi connectivity index (χ0) is 15.4. The van der Waals surface area contributed by atoms with Gasteiger partial charge < -0.3 is 15.2 Å². The Kier molecular flexibility index (Phi) is 5.75. The maximum Gasteiger partial charge on any atom is 0.405 e. The van der Waals surface area contributed by atoms with Crippen molar-refractivity contribution < 1.29 is 22.7 Å². The quantitative estimate of drug-likeness (QED) is 0.626. The van der Waals surface area contributed by atoms with Gasteiger partial charge in [0.25, 0.3) is 10.2 Å². The van der Waals surface area contributed by atoms with Crippen LogP contribution in [0.5, 0.6) is 0 Å². The molecule has 0 aromatic heterocycles. The van der Waals surface area contributed by atoms with Gasteiger partial charge in [0.15, 0.2) is 0 Å². The molecule has 0 spiro atoms. The van der Waals surface area contributed by atoms with Crippen LogP contribution in [0.2, 0.25) is 0 Å². The average Bonchev–Trinajstić information content (AvgIpc) is 2.24. The number of amides is 1. The number of nitrogens with one attached hydrogen (secondary N) is 1. The largest absolute Gasteiger partial charge is 0.444 e. The monoisotopic (exact) mass is 309 g/mol. The minimum absolute atomic E-state index is 0.0624. The van der Waals surface area contributed by atoms with Crippen molar-refractivity contribution in [3.8, 4) is 0 Å². The highest BCUT2D eigenvalue weighted by Gasteiger charge is 2.33. The zero-order valence-electron chi connectivity index (χ0n) is 11.8. The summed E-state index contributed by atoms with van der Waals surface area (Å²) in [5.74, 6) is 0.0624. The number of rotatable bonds is 6. The van der Waals surface area contributed by atoms with E-state index in [1.54, 1.807) is 13.8 Å². The molecule has 0 aliphatic carbocycles. The summed E-state index contributed by atoms with van der Waals surface area (Å²) < 4.78 is 34.8. The molecule has 1 aliphatic rings. The van der Waals surface area contributed by atoms with E-state index in [0.717, 1.165) is 12.8 Å². The van der Waals surface area contributed by atoms with E-state index in [4.69, 9.17) is 20.3 Å². The summed E-state index contributed by atoms with van der Waals surface area (Å²) in [4.78, 5) is 10.9. The lowest BCUT2D eigenvalue weighted by molar-refractivity contribution is -0.0556. The zero-order valence-corrected chi connectivity index (χ0v) is 12.6. The first-order chi connectivity index (χ1) is 9.09. The van der Waals surface area contributed by atoms with E-state index in [-0.39, 0.29) is 18.6 Å². The number of primary amides is 1. The van der Waals surface area contributed by atoms with E-state index >= 15 is 0 Å². The van der Waals surface area contributed by atoms with Crippen LogP contribution in [-0.4, -0.2) is 39.4 Å². The van der Waals surface area contributed by atoms with Gasteiger partial charge in [0.1, 0.15) is 5.60 Å². The minimum Gasteiger partial charge on any atom is -0.444 e. The molecule has 0 radical (unpaired) electrons. The van der Waals surface area contributed by atoms with E-state index < -0.39 is 21.9 Å². The number of hydrogen-bond donors (Lipinski definition) is 3. The van der Waals surface area contributed by atoms with E-state index in [9.17, 15) is 13.2 Å². The van der Waals surface area contributed by atoms with Crippen molar-refractivity contribution in [1.82, 2.24) is 4.72 Å². The molecule has 2 unspecified atom stereocenters. The van der Waals surface area contributed by atoms with Crippen molar-refractivity contribution in [1.29, 1.82) is 0 Å². The summed E-state index contributed by atoms with van der Waals surface area (Å²) in [6.45, 7) is 4.20. The minimum atomic E-state index is -3.74. The first-order valence-electron chi connectivity index (χ1n) is 6.46. The van der Waals surface area contributed by atoms with E-state index in [1.165, 1.54) is 0 Å². The molecule has 1 aliphatic heterocycles. The molecule has 1 heterocycles. The van der Waals surface area contributed by atoms with Crippen molar-refractivity contribution >= 4 is 16.3 Å². The van der Waals surface area contributed by atoms with Crippen LogP contribution in [0.15, 0.2) is 0 Å². The number of nitrogens with two attached hydrogens (primary N) is 2. The summed E-state index contributed by atoms with van der Waals surface area (Å²) in [6.07, 6.45) is 1.15. The fourth-order valence-corrected chi connectivity index (χ4v) is 2.90. The van der Waals surface area contributed by atoms with E-state index in [0.29, 0.717) is 13.0 Å². The van der Waals surface area contributed by atoms with Crippen molar-refractivity contribution in [3.05, 3.63) is 0 Å². The van der Waals surface area contributed by atoms with Crippen molar-refractivity contribution in [2.24, 2.45) is 16.8 Å². The van der Waals surface area contributed by atoms with Gasteiger partial charge in [-0.15, -0.1) is 0 Å². The first-order valence-corrected chi connectivity index (χ1v) is 8.01. The molecule has 1 saturated heterocycles. The standard InChI is InChI=1S/C11H23N3O5S/c1-11(2,19-10(12)15)6-8-4-3-5-18-9(8)7-14-20(13,16)17/h8-9,14H,3-7H2,1-2H3,(H2,12,15)(H2,13,16,17). The number of ether oxygens (including phenoxy) is 2. The highest BCUT2D eigenvalue weighted by Crippen LogP contribution is 2.30. The third-order valence-electron chi connectivity index (χ3n) is 3.19. The van der Waals surface area contributed by atoms with Crippen LogP contribution in [0.3, 0.4) is 0 Å². The normalized spacial score (nSPS) is 24.4. The van der Waals surface area contributed by atoms with Crippen molar-refractivity contribution in [2.75, 3.05) is 13.2 Å². The van der Waals surface area contributed by atoms with Gasteiger partial charge in [-0.05, 0) is 39.0 Å². The Labute approximate surface area is 119 Å². The second-order valence-electron chi connectivity index (χ2n) is 5.59. The molecule has 0 saturated carbocycles. The summed E-state index contributed by atoms with van der Waals surface area (Å²) in [5, 5.41) is 4.91. The molecule has 0 aromatic carbocycles. The van der Waals surface area contributed by atoms with Gasteiger partial charge in [0.2, 0.25) is 0 Å². The maximum absolute atomic E-state index is 10.9. The van der Waals surface area contributed by atoms with Crippen LogP contribution in [0.4, 0.5) is 4.79 Å². The predicted octanol–water partition coefficient (Wildman–Crippen LogP) is -0.161. The van der Waals surface area contributed by atoms with E-state index in [2.05, 4.69) is 4.72 Å². The molecule has 5 N–H and O–H groups in total. The highest BCUT2D eigenvalue weighted by molar-refractivity contribution is 7.87. The Balaban J connectivity index is 2.62. The van der Waals surface area contributed by atoms with Gasteiger partial charge in [-0.1, -0.05) is 0 Å². The Bertz CT molecular complexity index is 437. The van der Waals surface area contributed by atoms with Gasteiger partial charge in [0, 0.05) is 13.2 Å². The molecular formula is C11H23N3O5S. The molecule has 1 rings (SSSR count). The van der Waals surface area contributed by atoms with Crippen LogP contribution >= 0.6 is 0 Å². The SMILES string of the molecule is CC(C)(CC1CCCOC1CNS(N)(=O)=O)OC(N)=O. The first kappa shape index (κ1) is 17.2.